The van der Waals surface area contributed by atoms with Gasteiger partial charge >= 0.3 is 12.0 Å². The maximum atomic E-state index is 12.7. The summed E-state index contributed by atoms with van der Waals surface area (Å²) in [5.74, 6) is -0.698. The highest BCUT2D eigenvalue weighted by Gasteiger charge is 2.26. The van der Waals surface area contributed by atoms with Crippen molar-refractivity contribution >= 4 is 33.4 Å². The zero-order valence-electron chi connectivity index (χ0n) is 18.7. The van der Waals surface area contributed by atoms with E-state index in [2.05, 4.69) is 19.6 Å². The molecule has 13 heteroatoms. The zero-order chi connectivity index (χ0) is 24.0. The lowest BCUT2D eigenvalue weighted by molar-refractivity contribution is 0.0600. The number of urea groups is 1. The van der Waals surface area contributed by atoms with Crippen LogP contribution >= 0.6 is 11.3 Å². The van der Waals surface area contributed by atoms with Gasteiger partial charge in [-0.25, -0.2) is 24.3 Å². The standard InChI is InChI=1S/C20H27N5O6S2/c1-14(30-2)18-22-16(13-32-18)12-24-7-4-8-25(10-9-24)20(27)23-33(28,29)17-11-15(5-6-21-17)19(26)31-3/h5-6,11,13-14H,4,7-10,12H2,1-3H3,(H,23,27). The molecule has 0 aromatic carbocycles. The topological polar surface area (TPSA) is 131 Å². The van der Waals surface area contributed by atoms with E-state index in [9.17, 15) is 18.0 Å². The number of aromatic nitrogens is 2. The van der Waals surface area contributed by atoms with E-state index >= 15 is 0 Å². The van der Waals surface area contributed by atoms with Gasteiger partial charge in [-0.1, -0.05) is 0 Å². The maximum absolute atomic E-state index is 12.7. The quantitative estimate of drug-likeness (QED) is 0.567. The second-order valence-electron chi connectivity index (χ2n) is 7.46. The molecule has 3 rings (SSSR count). The minimum absolute atomic E-state index is 0.0239. The van der Waals surface area contributed by atoms with Gasteiger partial charge in [0.05, 0.1) is 18.4 Å². The molecule has 1 aliphatic heterocycles. The van der Waals surface area contributed by atoms with E-state index < -0.39 is 27.0 Å². The molecule has 1 atom stereocenters. The number of rotatable bonds is 7. The molecule has 2 aromatic heterocycles. The van der Waals surface area contributed by atoms with Crippen LogP contribution in [-0.4, -0.2) is 80.6 Å². The molecule has 0 spiro atoms. The average Bonchev–Trinajstić information content (AvgIpc) is 3.15. The number of ether oxygens (including phenoxy) is 2. The summed E-state index contributed by atoms with van der Waals surface area (Å²) >= 11 is 1.55. The van der Waals surface area contributed by atoms with Gasteiger partial charge in [-0.15, -0.1) is 11.3 Å². The number of hydrogen-bond donors (Lipinski definition) is 1. The number of hydrogen-bond acceptors (Lipinski definition) is 10. The largest absolute Gasteiger partial charge is 0.465 e. The van der Waals surface area contributed by atoms with Crippen molar-refractivity contribution in [3.63, 3.8) is 0 Å². The summed E-state index contributed by atoms with van der Waals surface area (Å²) in [7, 11) is -1.41. The Labute approximate surface area is 196 Å². The van der Waals surface area contributed by atoms with Crippen LogP contribution in [0.4, 0.5) is 4.79 Å². The Bertz CT molecular complexity index is 1090. The van der Waals surface area contributed by atoms with Gasteiger partial charge in [-0.2, -0.15) is 8.42 Å². The average molecular weight is 498 g/mol. The third-order valence-electron chi connectivity index (χ3n) is 5.19. The second-order valence-corrected chi connectivity index (χ2v) is 9.98. The van der Waals surface area contributed by atoms with E-state index in [0.717, 1.165) is 23.3 Å². The Morgan fingerprint density at radius 2 is 2.03 bits per heavy atom. The van der Waals surface area contributed by atoms with Crippen LogP contribution in [0.25, 0.3) is 0 Å². The van der Waals surface area contributed by atoms with Gasteiger partial charge in [0.15, 0.2) is 5.03 Å². The summed E-state index contributed by atoms with van der Waals surface area (Å²) in [6.07, 6.45) is 1.80. The third kappa shape index (κ3) is 6.47. The minimum atomic E-state index is -4.25. The molecule has 2 amide bonds. The molecule has 3 heterocycles. The lowest BCUT2D eigenvalue weighted by Crippen LogP contribution is -2.44. The summed E-state index contributed by atoms with van der Waals surface area (Å²) in [4.78, 5) is 36.3. The van der Waals surface area contributed by atoms with Gasteiger partial charge in [0.1, 0.15) is 11.1 Å². The van der Waals surface area contributed by atoms with Crippen LogP contribution in [0.5, 0.6) is 0 Å². The highest BCUT2D eigenvalue weighted by Crippen LogP contribution is 2.21. The lowest BCUT2D eigenvalue weighted by Gasteiger charge is -2.21. The van der Waals surface area contributed by atoms with Crippen molar-refractivity contribution in [1.82, 2.24) is 24.5 Å². The molecule has 0 aliphatic carbocycles. The van der Waals surface area contributed by atoms with Crippen LogP contribution < -0.4 is 4.72 Å². The maximum Gasteiger partial charge on any atom is 0.338 e. The zero-order valence-corrected chi connectivity index (χ0v) is 20.3. The van der Waals surface area contributed by atoms with Gasteiger partial charge in [0.2, 0.25) is 0 Å². The Hall–Kier alpha value is -2.61. The number of nitrogens with one attached hydrogen (secondary N) is 1. The molecule has 33 heavy (non-hydrogen) atoms. The van der Waals surface area contributed by atoms with E-state index in [1.54, 1.807) is 18.4 Å². The SMILES string of the molecule is COC(=O)c1ccnc(S(=O)(=O)NC(=O)N2CCCN(Cc3csc(C(C)OC)n3)CC2)c1. The predicted molar refractivity (Wildman–Crippen MR) is 120 cm³/mol. The molecular formula is C20H27N5O6S2. The first-order valence-electron chi connectivity index (χ1n) is 10.3. The smallest absolute Gasteiger partial charge is 0.338 e. The van der Waals surface area contributed by atoms with Crippen molar-refractivity contribution < 1.29 is 27.5 Å². The van der Waals surface area contributed by atoms with Gasteiger partial charge in [0.25, 0.3) is 10.0 Å². The fraction of sp³-hybridized carbons (Fsp3) is 0.500. The number of thiazole rings is 1. The molecule has 1 unspecified atom stereocenters. The molecule has 1 fully saturated rings. The van der Waals surface area contributed by atoms with E-state index in [1.807, 2.05) is 17.0 Å². The van der Waals surface area contributed by atoms with E-state index in [4.69, 9.17) is 4.74 Å². The van der Waals surface area contributed by atoms with Gasteiger partial charge in [0, 0.05) is 51.4 Å². The molecular weight excluding hydrogens is 470 g/mol. The highest BCUT2D eigenvalue weighted by atomic mass is 32.2. The monoisotopic (exact) mass is 497 g/mol. The van der Waals surface area contributed by atoms with Crippen molar-refractivity contribution in [3.8, 4) is 0 Å². The first kappa shape index (κ1) is 25.0. The third-order valence-corrected chi connectivity index (χ3v) is 7.46. The van der Waals surface area contributed by atoms with Gasteiger partial charge in [-0.3, -0.25) is 4.90 Å². The van der Waals surface area contributed by atoms with Crippen LogP contribution in [0.3, 0.4) is 0 Å². The molecule has 11 nitrogen and oxygen atoms in total. The number of pyridine rings is 1. The Morgan fingerprint density at radius 3 is 2.76 bits per heavy atom. The number of amides is 2. The summed E-state index contributed by atoms with van der Waals surface area (Å²) in [6, 6.07) is 1.67. The van der Waals surface area contributed by atoms with Crippen LogP contribution in [0, 0.1) is 0 Å². The molecule has 1 aliphatic rings. The van der Waals surface area contributed by atoms with Crippen LogP contribution in [0.1, 0.15) is 40.5 Å². The second kappa shape index (κ2) is 11.0. The lowest BCUT2D eigenvalue weighted by atomic mass is 10.3. The van der Waals surface area contributed by atoms with Crippen LogP contribution in [-0.2, 0) is 26.0 Å². The highest BCUT2D eigenvalue weighted by molar-refractivity contribution is 7.90. The summed E-state index contributed by atoms with van der Waals surface area (Å²) in [6.45, 7) is 4.70. The number of sulfonamides is 1. The van der Waals surface area contributed by atoms with Crippen LogP contribution in [0.2, 0.25) is 0 Å². The van der Waals surface area contributed by atoms with Crippen molar-refractivity contribution in [2.75, 3.05) is 40.4 Å². The number of carbonyl (C=O) groups is 2. The first-order valence-corrected chi connectivity index (χ1v) is 12.7. The molecule has 0 bridgehead atoms. The fourth-order valence-electron chi connectivity index (χ4n) is 3.28. The van der Waals surface area contributed by atoms with Crippen molar-refractivity contribution in [3.05, 3.63) is 40.0 Å². The van der Waals surface area contributed by atoms with Crippen molar-refractivity contribution in [2.24, 2.45) is 0 Å². The number of esters is 1. The molecule has 1 N–H and O–H groups in total. The minimum Gasteiger partial charge on any atom is -0.465 e. The predicted octanol–water partition coefficient (Wildman–Crippen LogP) is 1.64. The van der Waals surface area contributed by atoms with Gasteiger partial charge in [-0.05, 0) is 25.5 Å². The van der Waals surface area contributed by atoms with Gasteiger partial charge < -0.3 is 14.4 Å². The Balaban J connectivity index is 1.59. The number of methoxy groups -OCH3 is 2. The summed E-state index contributed by atoms with van der Waals surface area (Å²) in [5.41, 5.74) is 0.965. The van der Waals surface area contributed by atoms with Crippen LogP contribution in [0.15, 0.2) is 28.7 Å². The fourth-order valence-corrected chi connectivity index (χ4v) is 5.06. The Kier molecular flexibility index (Phi) is 8.35. The molecule has 0 saturated carbocycles. The molecule has 0 radical (unpaired) electrons. The number of nitrogens with zero attached hydrogens (tertiary/aromatic N) is 4. The van der Waals surface area contributed by atoms with E-state index in [0.29, 0.717) is 32.6 Å². The van der Waals surface area contributed by atoms with E-state index in [1.165, 1.54) is 24.3 Å². The Morgan fingerprint density at radius 1 is 1.24 bits per heavy atom. The molecule has 2 aromatic rings. The molecule has 180 valence electrons. The normalized spacial score (nSPS) is 16.2. The van der Waals surface area contributed by atoms with Crippen molar-refractivity contribution in [1.29, 1.82) is 0 Å². The summed E-state index contributed by atoms with van der Waals surface area (Å²) < 4.78 is 37.2. The first-order chi connectivity index (χ1) is 15.7. The van der Waals surface area contributed by atoms with E-state index in [-0.39, 0.29) is 11.7 Å². The van der Waals surface area contributed by atoms with Crippen molar-refractivity contribution in [2.45, 2.75) is 31.0 Å². The number of carbonyl (C=O) groups excluding carboxylic acids is 2. The molecule has 1 saturated heterocycles. The summed E-state index contributed by atoms with van der Waals surface area (Å²) in [5, 5.41) is 2.49.